The van der Waals surface area contributed by atoms with Crippen molar-refractivity contribution in [1.29, 1.82) is 0 Å². The van der Waals surface area contributed by atoms with Crippen molar-refractivity contribution in [3.8, 4) is 0 Å². The zero-order valence-electron chi connectivity index (χ0n) is 14.0. The van der Waals surface area contributed by atoms with E-state index in [9.17, 15) is 14.4 Å². The van der Waals surface area contributed by atoms with Crippen LogP contribution in [0.15, 0.2) is 41.0 Å². The number of nitrogens with zero attached hydrogens (tertiary/aromatic N) is 1. The van der Waals surface area contributed by atoms with Crippen LogP contribution in [-0.2, 0) is 9.59 Å². The molecule has 1 fully saturated rings. The molecule has 7 nitrogen and oxygen atoms in total. The van der Waals surface area contributed by atoms with Gasteiger partial charge >= 0.3 is 0 Å². The molecule has 0 radical (unpaired) electrons. The smallest absolute Gasteiger partial charge is 0.286 e. The quantitative estimate of drug-likeness (QED) is 0.812. The van der Waals surface area contributed by atoms with Crippen LogP contribution in [0.3, 0.4) is 0 Å². The average Bonchev–Trinajstić information content (AvgIpc) is 3.27. The fourth-order valence-electron chi connectivity index (χ4n) is 2.71. The van der Waals surface area contributed by atoms with E-state index < -0.39 is 0 Å². The van der Waals surface area contributed by atoms with E-state index in [0.717, 1.165) is 6.42 Å². The van der Waals surface area contributed by atoms with E-state index in [1.807, 2.05) is 0 Å². The molecule has 0 bridgehead atoms. The predicted molar refractivity (Wildman–Crippen MR) is 97.3 cm³/mol. The van der Waals surface area contributed by atoms with Gasteiger partial charge in [-0.25, -0.2) is 0 Å². The monoisotopic (exact) mass is 375 g/mol. The number of benzene rings is 1. The maximum absolute atomic E-state index is 12.0. The number of nitrogens with one attached hydrogen (secondary N) is 2. The third-order valence-corrected chi connectivity index (χ3v) is 4.28. The van der Waals surface area contributed by atoms with Crippen molar-refractivity contribution < 1.29 is 18.8 Å². The molecule has 8 heteroatoms. The van der Waals surface area contributed by atoms with Crippen LogP contribution in [0.25, 0.3) is 0 Å². The van der Waals surface area contributed by atoms with Crippen molar-refractivity contribution in [3.63, 3.8) is 0 Å². The molecule has 1 aliphatic heterocycles. The minimum atomic E-state index is -0.370. The first-order valence-corrected chi connectivity index (χ1v) is 8.64. The number of carbonyl (C=O) groups excluding carboxylic acids is 3. The van der Waals surface area contributed by atoms with Gasteiger partial charge in [-0.05, 0) is 36.8 Å². The Bertz CT molecular complexity index is 820. The van der Waals surface area contributed by atoms with Gasteiger partial charge in [0.05, 0.1) is 17.0 Å². The maximum atomic E-state index is 12.0. The third-order valence-electron chi connectivity index (χ3n) is 3.98. The molecule has 0 aliphatic carbocycles. The number of carbonyl (C=O) groups is 3. The lowest BCUT2D eigenvalue weighted by molar-refractivity contribution is -0.117. The molecule has 1 aromatic heterocycles. The van der Waals surface area contributed by atoms with Crippen molar-refractivity contribution in [2.45, 2.75) is 19.3 Å². The van der Waals surface area contributed by atoms with Gasteiger partial charge in [-0.2, -0.15) is 0 Å². The maximum Gasteiger partial charge on any atom is 0.286 e. The lowest BCUT2D eigenvalue weighted by Gasteiger charge is -2.18. The van der Waals surface area contributed by atoms with Gasteiger partial charge in [-0.1, -0.05) is 11.6 Å². The molecule has 0 saturated carbocycles. The lowest BCUT2D eigenvalue weighted by atomic mass is 10.2. The largest absolute Gasteiger partial charge is 0.459 e. The van der Waals surface area contributed by atoms with Crippen LogP contribution >= 0.6 is 11.6 Å². The summed E-state index contributed by atoms with van der Waals surface area (Å²) in [5.41, 5.74) is 1.19. The van der Waals surface area contributed by atoms with Crippen molar-refractivity contribution in [1.82, 2.24) is 5.32 Å². The molecular weight excluding hydrogens is 358 g/mol. The van der Waals surface area contributed by atoms with Crippen molar-refractivity contribution in [2.24, 2.45) is 0 Å². The number of amides is 3. The van der Waals surface area contributed by atoms with Gasteiger partial charge in [0.15, 0.2) is 5.76 Å². The van der Waals surface area contributed by atoms with Crippen molar-refractivity contribution in [2.75, 3.05) is 23.3 Å². The van der Waals surface area contributed by atoms with E-state index in [1.54, 1.807) is 35.2 Å². The molecule has 3 amide bonds. The summed E-state index contributed by atoms with van der Waals surface area (Å²) in [4.78, 5) is 37.1. The van der Waals surface area contributed by atoms with E-state index in [0.29, 0.717) is 29.4 Å². The van der Waals surface area contributed by atoms with Crippen LogP contribution in [0.2, 0.25) is 5.02 Å². The Morgan fingerprint density at radius 2 is 2.12 bits per heavy atom. The van der Waals surface area contributed by atoms with Crippen molar-refractivity contribution in [3.05, 3.63) is 47.4 Å². The van der Waals surface area contributed by atoms with Crippen LogP contribution < -0.4 is 15.5 Å². The topological polar surface area (TPSA) is 91.7 Å². The first-order valence-electron chi connectivity index (χ1n) is 8.26. The van der Waals surface area contributed by atoms with Crippen LogP contribution in [0.5, 0.6) is 0 Å². The number of halogens is 1. The second kappa shape index (κ2) is 8.05. The molecule has 0 atom stereocenters. The van der Waals surface area contributed by atoms with Gasteiger partial charge < -0.3 is 20.0 Å². The molecule has 136 valence electrons. The summed E-state index contributed by atoms with van der Waals surface area (Å²) in [7, 11) is 0. The number of rotatable bonds is 6. The Balaban J connectivity index is 1.50. The van der Waals surface area contributed by atoms with E-state index in [-0.39, 0.29) is 36.4 Å². The second-order valence-corrected chi connectivity index (χ2v) is 6.25. The minimum absolute atomic E-state index is 0.0518. The standard InChI is InChI=1S/C18H18ClN3O4/c19-13-11-12(5-6-14(13)22-9-1-4-17(22)24)21-16(23)7-8-20-18(25)15-3-2-10-26-15/h2-3,5-6,10-11H,1,4,7-9H2,(H,20,25)(H,21,23). The van der Waals surface area contributed by atoms with Gasteiger partial charge in [0.1, 0.15) is 0 Å². The summed E-state index contributed by atoms with van der Waals surface area (Å²) in [5.74, 6) is -0.378. The molecule has 2 N–H and O–H groups in total. The highest BCUT2D eigenvalue weighted by atomic mass is 35.5. The molecule has 3 rings (SSSR count). The molecule has 2 aromatic rings. The molecule has 0 spiro atoms. The summed E-state index contributed by atoms with van der Waals surface area (Å²) in [5, 5.41) is 5.73. The van der Waals surface area contributed by atoms with Crippen LogP contribution in [-0.4, -0.2) is 30.8 Å². The predicted octanol–water partition coefficient (Wildman–Crippen LogP) is 2.82. The highest BCUT2D eigenvalue weighted by Crippen LogP contribution is 2.31. The van der Waals surface area contributed by atoms with Gasteiger partial charge in [-0.3, -0.25) is 14.4 Å². The fourth-order valence-corrected chi connectivity index (χ4v) is 3.00. The third kappa shape index (κ3) is 4.23. The zero-order chi connectivity index (χ0) is 18.5. The summed E-state index contributed by atoms with van der Waals surface area (Å²) >= 11 is 6.25. The number of anilines is 2. The first kappa shape index (κ1) is 18.0. The fraction of sp³-hybridized carbons (Fsp3) is 0.278. The molecule has 26 heavy (non-hydrogen) atoms. The van der Waals surface area contributed by atoms with E-state index in [2.05, 4.69) is 10.6 Å². The average molecular weight is 376 g/mol. The van der Waals surface area contributed by atoms with Crippen molar-refractivity contribution >= 4 is 40.7 Å². The summed E-state index contributed by atoms with van der Waals surface area (Å²) < 4.78 is 4.97. The first-order chi connectivity index (χ1) is 12.5. The molecule has 2 heterocycles. The number of furan rings is 1. The van der Waals surface area contributed by atoms with Gasteiger partial charge in [0, 0.05) is 31.6 Å². The summed E-state index contributed by atoms with van der Waals surface area (Å²) in [6, 6.07) is 8.20. The number of hydrogen-bond donors (Lipinski definition) is 2. The Morgan fingerprint density at radius 1 is 1.27 bits per heavy atom. The lowest BCUT2D eigenvalue weighted by Crippen LogP contribution is -2.27. The normalized spacial score (nSPS) is 13.7. The highest BCUT2D eigenvalue weighted by molar-refractivity contribution is 6.34. The Labute approximate surface area is 155 Å². The van der Waals surface area contributed by atoms with Crippen LogP contribution in [0.1, 0.15) is 29.8 Å². The minimum Gasteiger partial charge on any atom is -0.459 e. The molecule has 0 unspecified atom stereocenters. The Morgan fingerprint density at radius 3 is 2.77 bits per heavy atom. The van der Waals surface area contributed by atoms with E-state index in [1.165, 1.54) is 6.26 Å². The molecule has 1 aliphatic rings. The highest BCUT2D eigenvalue weighted by Gasteiger charge is 2.23. The SMILES string of the molecule is O=C(CCNC(=O)c1ccco1)Nc1ccc(N2CCCC2=O)c(Cl)c1. The van der Waals surface area contributed by atoms with Gasteiger partial charge in [0.25, 0.3) is 5.91 Å². The van der Waals surface area contributed by atoms with E-state index in [4.69, 9.17) is 16.0 Å². The summed E-state index contributed by atoms with van der Waals surface area (Å²) in [6.45, 7) is 0.832. The van der Waals surface area contributed by atoms with Gasteiger partial charge in [0.2, 0.25) is 11.8 Å². The molecular formula is C18H18ClN3O4. The second-order valence-electron chi connectivity index (χ2n) is 5.85. The molecule has 1 saturated heterocycles. The zero-order valence-corrected chi connectivity index (χ0v) is 14.7. The van der Waals surface area contributed by atoms with Crippen LogP contribution in [0.4, 0.5) is 11.4 Å². The Kier molecular flexibility index (Phi) is 5.58. The Hall–Kier alpha value is -2.80. The van der Waals surface area contributed by atoms with Gasteiger partial charge in [-0.15, -0.1) is 0 Å². The molecule has 1 aromatic carbocycles. The van der Waals surface area contributed by atoms with Crippen LogP contribution in [0, 0.1) is 0 Å². The summed E-state index contributed by atoms with van der Waals surface area (Å²) in [6.07, 6.45) is 2.86. The number of hydrogen-bond acceptors (Lipinski definition) is 4. The van der Waals surface area contributed by atoms with E-state index >= 15 is 0 Å².